The van der Waals surface area contributed by atoms with Gasteiger partial charge in [0.1, 0.15) is 16.6 Å². The number of hydrogen-bond acceptors (Lipinski definition) is 3. The van der Waals surface area contributed by atoms with Crippen LogP contribution in [0.15, 0.2) is 28.7 Å². The van der Waals surface area contributed by atoms with Crippen LogP contribution in [0.1, 0.15) is 23.2 Å². The van der Waals surface area contributed by atoms with Gasteiger partial charge in [0.05, 0.1) is 10.0 Å². The first-order chi connectivity index (χ1) is 10.0. The Hall–Kier alpha value is -1.53. The number of nitrogens with two attached hydrogens (primary N) is 1. The zero-order valence-corrected chi connectivity index (χ0v) is 13.4. The van der Waals surface area contributed by atoms with E-state index in [1.54, 1.807) is 12.1 Å². The second-order valence-electron chi connectivity index (χ2n) is 4.84. The van der Waals surface area contributed by atoms with E-state index in [0.717, 1.165) is 25.0 Å². The number of hydrogen-bond donors (Lipinski definition) is 1. The van der Waals surface area contributed by atoms with Gasteiger partial charge in [-0.25, -0.2) is 9.37 Å². The van der Waals surface area contributed by atoms with Gasteiger partial charge in [-0.05, 0) is 65.0 Å². The van der Waals surface area contributed by atoms with E-state index in [-0.39, 0.29) is 10.8 Å². The molecule has 0 aliphatic heterocycles. The lowest BCUT2D eigenvalue weighted by Crippen LogP contribution is -2.13. The molecule has 1 aliphatic carbocycles. The quantitative estimate of drug-likeness (QED) is 0.836. The molecule has 21 heavy (non-hydrogen) atoms. The topological polar surface area (TPSA) is 48.1 Å². The van der Waals surface area contributed by atoms with Crippen LogP contribution in [0, 0.1) is 5.82 Å². The molecule has 0 saturated heterocycles. The number of fused-ring (bicyclic) bond motifs is 1. The molecule has 1 heterocycles. The average Bonchev–Trinajstić information content (AvgIpc) is 2.89. The molecular weight excluding hydrogens is 355 g/mol. The van der Waals surface area contributed by atoms with Crippen molar-refractivity contribution in [2.24, 2.45) is 5.73 Å². The van der Waals surface area contributed by atoms with Crippen LogP contribution in [-0.2, 0) is 12.8 Å². The number of nitrogens with zero attached hydrogens (tertiary/aromatic N) is 1. The van der Waals surface area contributed by atoms with Crippen molar-refractivity contribution < 1.29 is 9.13 Å². The summed E-state index contributed by atoms with van der Waals surface area (Å²) in [5.74, 6) is 0.506. The molecule has 0 radical (unpaired) electrons. The number of thiocarbonyl (C=S) groups is 1. The van der Waals surface area contributed by atoms with Gasteiger partial charge in [0.2, 0.25) is 5.88 Å². The van der Waals surface area contributed by atoms with Crippen molar-refractivity contribution in [1.29, 1.82) is 0 Å². The van der Waals surface area contributed by atoms with Gasteiger partial charge in [0, 0.05) is 5.69 Å². The normalized spacial score (nSPS) is 13.0. The van der Waals surface area contributed by atoms with E-state index in [1.807, 2.05) is 6.07 Å². The van der Waals surface area contributed by atoms with E-state index in [1.165, 1.54) is 11.6 Å². The average molecular weight is 367 g/mol. The first-order valence-electron chi connectivity index (χ1n) is 6.50. The van der Waals surface area contributed by atoms with Crippen LogP contribution >= 0.6 is 28.1 Å². The molecule has 2 N–H and O–H groups in total. The maximum atomic E-state index is 13.3. The highest BCUT2D eigenvalue weighted by molar-refractivity contribution is 9.10. The predicted molar refractivity (Wildman–Crippen MR) is 86.3 cm³/mol. The van der Waals surface area contributed by atoms with Gasteiger partial charge in [-0.1, -0.05) is 12.2 Å². The highest BCUT2D eigenvalue weighted by atomic mass is 79.9. The Labute approximate surface area is 135 Å². The lowest BCUT2D eigenvalue weighted by Gasteiger charge is -2.12. The fourth-order valence-corrected chi connectivity index (χ4v) is 2.86. The molecule has 0 unspecified atom stereocenters. The third kappa shape index (κ3) is 2.91. The molecular formula is C15H12BrFN2OS. The molecule has 3 nitrogen and oxygen atoms in total. The van der Waals surface area contributed by atoms with E-state index in [4.69, 9.17) is 22.7 Å². The summed E-state index contributed by atoms with van der Waals surface area (Å²) in [6.07, 6.45) is 2.99. The number of benzene rings is 1. The molecule has 108 valence electrons. The number of rotatable bonds is 3. The molecule has 0 amide bonds. The molecule has 0 spiro atoms. The maximum absolute atomic E-state index is 13.3. The molecule has 3 rings (SSSR count). The summed E-state index contributed by atoms with van der Waals surface area (Å²) in [7, 11) is 0. The van der Waals surface area contributed by atoms with Crippen molar-refractivity contribution >= 4 is 33.1 Å². The van der Waals surface area contributed by atoms with Gasteiger partial charge < -0.3 is 10.5 Å². The SMILES string of the molecule is NC(=S)c1cc2c(nc1Oc1ccc(F)c(Br)c1)CCC2. The van der Waals surface area contributed by atoms with Crippen LogP contribution in [0.25, 0.3) is 0 Å². The van der Waals surface area contributed by atoms with Crippen molar-refractivity contribution in [2.75, 3.05) is 0 Å². The van der Waals surface area contributed by atoms with E-state index in [9.17, 15) is 4.39 Å². The zero-order chi connectivity index (χ0) is 15.0. The standard InChI is InChI=1S/C15H12BrFN2OS/c16-11-7-9(4-5-12(11)17)20-15-10(14(18)21)6-8-2-1-3-13(8)19-15/h4-7H,1-3H2,(H2,18,21). The van der Waals surface area contributed by atoms with Gasteiger partial charge in [-0.3, -0.25) is 0 Å². The smallest absolute Gasteiger partial charge is 0.229 e. The van der Waals surface area contributed by atoms with Crippen LogP contribution in [-0.4, -0.2) is 9.97 Å². The zero-order valence-electron chi connectivity index (χ0n) is 11.0. The van der Waals surface area contributed by atoms with Crippen LogP contribution in [0.3, 0.4) is 0 Å². The largest absolute Gasteiger partial charge is 0.438 e. The van der Waals surface area contributed by atoms with Gasteiger partial charge in [-0.15, -0.1) is 0 Å². The summed E-state index contributed by atoms with van der Waals surface area (Å²) < 4.78 is 19.4. The maximum Gasteiger partial charge on any atom is 0.229 e. The Morgan fingerprint density at radius 2 is 2.14 bits per heavy atom. The van der Waals surface area contributed by atoms with Crippen LogP contribution < -0.4 is 10.5 Å². The second-order valence-corrected chi connectivity index (χ2v) is 6.14. The van der Waals surface area contributed by atoms with Gasteiger partial charge >= 0.3 is 0 Å². The highest BCUT2D eigenvalue weighted by Gasteiger charge is 2.19. The van der Waals surface area contributed by atoms with Crippen LogP contribution in [0.4, 0.5) is 4.39 Å². The minimum atomic E-state index is -0.348. The molecule has 0 saturated carbocycles. The summed E-state index contributed by atoms with van der Waals surface area (Å²) in [5.41, 5.74) is 8.57. The fourth-order valence-electron chi connectivity index (χ4n) is 2.36. The number of aryl methyl sites for hydroxylation is 2. The van der Waals surface area contributed by atoms with Crippen LogP contribution in [0.5, 0.6) is 11.6 Å². The lowest BCUT2D eigenvalue weighted by molar-refractivity contribution is 0.458. The molecule has 1 aliphatic rings. The number of pyridine rings is 1. The Morgan fingerprint density at radius 1 is 1.33 bits per heavy atom. The third-order valence-corrected chi connectivity index (χ3v) is 4.21. The molecule has 0 atom stereocenters. The molecule has 1 aromatic carbocycles. The number of aromatic nitrogens is 1. The van der Waals surface area contributed by atoms with Crippen molar-refractivity contribution in [3.8, 4) is 11.6 Å². The number of ether oxygens (including phenoxy) is 1. The Morgan fingerprint density at radius 3 is 2.86 bits per heavy atom. The molecule has 0 bridgehead atoms. The van der Waals surface area contributed by atoms with Crippen molar-refractivity contribution in [3.05, 3.63) is 51.4 Å². The fraction of sp³-hybridized carbons (Fsp3) is 0.200. The first-order valence-corrected chi connectivity index (χ1v) is 7.70. The molecule has 2 aromatic rings. The minimum absolute atomic E-state index is 0.244. The van der Waals surface area contributed by atoms with E-state index >= 15 is 0 Å². The van der Waals surface area contributed by atoms with Gasteiger partial charge in [0.25, 0.3) is 0 Å². The van der Waals surface area contributed by atoms with Gasteiger partial charge in [-0.2, -0.15) is 0 Å². The van der Waals surface area contributed by atoms with Crippen molar-refractivity contribution in [3.63, 3.8) is 0 Å². The first kappa shape index (κ1) is 14.4. The summed E-state index contributed by atoms with van der Waals surface area (Å²) >= 11 is 8.20. The molecule has 6 heteroatoms. The Kier molecular flexibility index (Phi) is 3.91. The van der Waals surface area contributed by atoms with Crippen molar-refractivity contribution in [1.82, 2.24) is 4.98 Å². The van der Waals surface area contributed by atoms with E-state index < -0.39 is 0 Å². The lowest BCUT2D eigenvalue weighted by atomic mass is 10.1. The van der Waals surface area contributed by atoms with E-state index in [0.29, 0.717) is 21.7 Å². The number of halogens is 2. The predicted octanol–water partition coefficient (Wildman–Crippen LogP) is 3.90. The Bertz CT molecular complexity index is 736. The molecule has 0 fully saturated rings. The summed E-state index contributed by atoms with van der Waals surface area (Å²) in [4.78, 5) is 4.77. The highest BCUT2D eigenvalue weighted by Crippen LogP contribution is 2.31. The van der Waals surface area contributed by atoms with E-state index in [2.05, 4.69) is 20.9 Å². The Balaban J connectivity index is 2.01. The second kappa shape index (κ2) is 5.69. The molecule has 1 aromatic heterocycles. The minimum Gasteiger partial charge on any atom is -0.438 e. The van der Waals surface area contributed by atoms with Crippen molar-refractivity contribution in [2.45, 2.75) is 19.3 Å². The van der Waals surface area contributed by atoms with Crippen LogP contribution in [0.2, 0.25) is 0 Å². The monoisotopic (exact) mass is 366 g/mol. The summed E-state index contributed by atoms with van der Waals surface area (Å²) in [6, 6.07) is 6.37. The summed E-state index contributed by atoms with van der Waals surface area (Å²) in [6.45, 7) is 0. The summed E-state index contributed by atoms with van der Waals surface area (Å²) in [5, 5.41) is 0. The van der Waals surface area contributed by atoms with Gasteiger partial charge in [0.15, 0.2) is 0 Å². The third-order valence-electron chi connectivity index (χ3n) is 3.39.